The highest BCUT2D eigenvalue weighted by Crippen LogP contribution is 2.41. The minimum Gasteiger partial charge on any atom is -0.507 e. The molecule has 1 fully saturated rings. The summed E-state index contributed by atoms with van der Waals surface area (Å²) < 4.78 is 0. The first-order chi connectivity index (χ1) is 13.6. The van der Waals surface area contributed by atoms with Gasteiger partial charge in [0.15, 0.2) is 0 Å². The zero-order valence-electron chi connectivity index (χ0n) is 14.5. The van der Waals surface area contributed by atoms with Crippen LogP contribution in [0.4, 0.5) is 5.69 Å². The number of aliphatic hydroxyl groups is 1. The number of hydrogen-bond donors (Lipinski definition) is 1. The molecular weight excluding hydrogens is 378 g/mol. The van der Waals surface area contributed by atoms with E-state index in [9.17, 15) is 14.7 Å². The molecule has 0 bridgehead atoms. The van der Waals surface area contributed by atoms with E-state index in [2.05, 4.69) is 9.97 Å². The van der Waals surface area contributed by atoms with Crippen molar-refractivity contribution in [3.05, 3.63) is 95.0 Å². The fourth-order valence-electron chi connectivity index (χ4n) is 3.22. The normalized spacial score (nSPS) is 18.5. The molecule has 1 N–H and O–H groups in total. The van der Waals surface area contributed by atoms with Gasteiger partial charge in [0.1, 0.15) is 5.76 Å². The van der Waals surface area contributed by atoms with Crippen molar-refractivity contribution >= 4 is 34.7 Å². The molecule has 1 unspecified atom stereocenters. The van der Waals surface area contributed by atoms with Gasteiger partial charge in [0.25, 0.3) is 11.7 Å². The number of aromatic nitrogens is 2. The quantitative estimate of drug-likeness (QED) is 0.417. The third-order valence-electron chi connectivity index (χ3n) is 4.50. The van der Waals surface area contributed by atoms with Crippen molar-refractivity contribution in [1.29, 1.82) is 0 Å². The van der Waals surface area contributed by atoms with Crippen molar-refractivity contribution in [1.82, 2.24) is 9.97 Å². The van der Waals surface area contributed by atoms with Gasteiger partial charge in [-0.15, -0.1) is 0 Å². The Kier molecular flexibility index (Phi) is 4.63. The van der Waals surface area contributed by atoms with E-state index in [-0.39, 0.29) is 11.3 Å². The average Bonchev–Trinajstić information content (AvgIpc) is 3.00. The van der Waals surface area contributed by atoms with Crippen LogP contribution in [0, 0.1) is 0 Å². The average molecular weight is 392 g/mol. The van der Waals surface area contributed by atoms with Crippen LogP contribution in [0.15, 0.2) is 78.9 Å². The molecule has 138 valence electrons. The number of carbonyl (C=O) groups is 2. The fourth-order valence-corrected chi connectivity index (χ4v) is 3.34. The van der Waals surface area contributed by atoms with E-state index < -0.39 is 17.7 Å². The predicted molar refractivity (Wildman–Crippen MR) is 105 cm³/mol. The number of rotatable bonds is 3. The van der Waals surface area contributed by atoms with Crippen molar-refractivity contribution in [2.75, 3.05) is 4.90 Å². The largest absolute Gasteiger partial charge is 0.507 e. The molecule has 3 aromatic rings. The first kappa shape index (κ1) is 17.9. The molecule has 1 aromatic carbocycles. The van der Waals surface area contributed by atoms with Gasteiger partial charge in [-0.05, 0) is 48.0 Å². The molecule has 3 heterocycles. The van der Waals surface area contributed by atoms with Crippen molar-refractivity contribution in [2.24, 2.45) is 0 Å². The van der Waals surface area contributed by atoms with E-state index in [0.717, 1.165) is 0 Å². The highest BCUT2D eigenvalue weighted by atomic mass is 35.5. The lowest BCUT2D eigenvalue weighted by atomic mass is 9.96. The molecule has 2 aromatic heterocycles. The number of pyridine rings is 2. The highest BCUT2D eigenvalue weighted by molar-refractivity contribution is 6.51. The van der Waals surface area contributed by atoms with Gasteiger partial charge in [0.2, 0.25) is 0 Å². The van der Waals surface area contributed by atoms with E-state index in [1.165, 1.54) is 17.3 Å². The Morgan fingerprint density at radius 2 is 1.68 bits per heavy atom. The lowest BCUT2D eigenvalue weighted by Gasteiger charge is -2.25. The summed E-state index contributed by atoms with van der Waals surface area (Å²) in [5.74, 6) is -1.75. The molecule has 0 radical (unpaired) electrons. The molecule has 1 amide bonds. The second kappa shape index (κ2) is 7.25. The van der Waals surface area contributed by atoms with Crippen LogP contribution in [-0.2, 0) is 9.59 Å². The van der Waals surface area contributed by atoms with Crippen molar-refractivity contribution in [3.63, 3.8) is 0 Å². The number of hydrogen-bond acceptors (Lipinski definition) is 5. The van der Waals surface area contributed by atoms with Crippen LogP contribution in [0.5, 0.6) is 0 Å². The molecule has 6 nitrogen and oxygen atoms in total. The topological polar surface area (TPSA) is 83.4 Å². The molecular formula is C21H14ClN3O3. The zero-order chi connectivity index (χ0) is 19.7. The molecule has 1 atom stereocenters. The first-order valence-corrected chi connectivity index (χ1v) is 8.82. The Morgan fingerprint density at radius 1 is 0.964 bits per heavy atom. The van der Waals surface area contributed by atoms with Crippen molar-refractivity contribution in [3.8, 4) is 0 Å². The second-order valence-corrected chi connectivity index (χ2v) is 6.60. The summed E-state index contributed by atoms with van der Waals surface area (Å²) in [6.07, 6.45) is 6.17. The summed E-state index contributed by atoms with van der Waals surface area (Å²) >= 11 is 5.96. The fraction of sp³-hybridized carbons (Fsp3) is 0.0476. The van der Waals surface area contributed by atoms with Gasteiger partial charge in [0.05, 0.1) is 11.6 Å². The molecule has 0 spiro atoms. The lowest BCUT2D eigenvalue weighted by Crippen LogP contribution is -2.29. The second-order valence-electron chi connectivity index (χ2n) is 6.17. The Morgan fingerprint density at radius 3 is 2.32 bits per heavy atom. The van der Waals surface area contributed by atoms with Crippen molar-refractivity contribution in [2.45, 2.75) is 6.04 Å². The van der Waals surface area contributed by atoms with Gasteiger partial charge in [-0.3, -0.25) is 24.5 Å². The van der Waals surface area contributed by atoms with E-state index in [1.807, 2.05) is 0 Å². The number of nitrogens with zero attached hydrogens (tertiary/aromatic N) is 3. The number of amides is 1. The highest BCUT2D eigenvalue weighted by Gasteiger charge is 2.47. The molecule has 0 aliphatic carbocycles. The van der Waals surface area contributed by atoms with E-state index in [1.54, 1.807) is 60.9 Å². The maximum atomic E-state index is 12.9. The lowest BCUT2D eigenvalue weighted by molar-refractivity contribution is -0.132. The number of carbonyl (C=O) groups excluding carboxylic acids is 2. The first-order valence-electron chi connectivity index (χ1n) is 8.45. The van der Waals surface area contributed by atoms with Crippen LogP contribution in [0.1, 0.15) is 17.2 Å². The van der Waals surface area contributed by atoms with Crippen LogP contribution >= 0.6 is 11.6 Å². The minimum atomic E-state index is -0.817. The Labute approximate surface area is 165 Å². The van der Waals surface area contributed by atoms with Crippen LogP contribution in [-0.4, -0.2) is 26.8 Å². The Bertz CT molecular complexity index is 1070. The molecule has 1 aliphatic rings. The summed E-state index contributed by atoms with van der Waals surface area (Å²) in [6.45, 7) is 0. The Hall–Kier alpha value is -3.51. The summed E-state index contributed by atoms with van der Waals surface area (Å²) in [5.41, 5.74) is 1.50. The number of benzene rings is 1. The number of Topliss-reactive ketones (excluding diaryl/α,β-unsaturated/α-hetero) is 1. The SMILES string of the molecule is O=C1C(=O)N(c2ccc(Cl)cc2)C(c2cccnc2)/C1=C(/O)c1ccncc1. The molecule has 1 aliphatic heterocycles. The van der Waals surface area contributed by atoms with Gasteiger partial charge in [0, 0.05) is 41.1 Å². The van der Waals surface area contributed by atoms with Gasteiger partial charge < -0.3 is 5.11 Å². The third kappa shape index (κ3) is 3.04. The standard InChI is InChI=1S/C21H14ClN3O3/c22-15-3-5-16(6-4-15)25-18(14-2-1-9-24-12-14)17(20(27)21(25)28)19(26)13-7-10-23-11-8-13/h1-12,18,26H/b19-17-. The van der Waals surface area contributed by atoms with Crippen LogP contribution in [0.2, 0.25) is 5.02 Å². The number of anilines is 1. The number of halogens is 1. The zero-order valence-corrected chi connectivity index (χ0v) is 15.2. The maximum absolute atomic E-state index is 12.9. The van der Waals surface area contributed by atoms with E-state index >= 15 is 0 Å². The van der Waals surface area contributed by atoms with Crippen LogP contribution in [0.25, 0.3) is 5.76 Å². The monoisotopic (exact) mass is 391 g/mol. The van der Waals surface area contributed by atoms with E-state index in [0.29, 0.717) is 21.8 Å². The smallest absolute Gasteiger partial charge is 0.300 e. The summed E-state index contributed by atoms with van der Waals surface area (Å²) in [6, 6.07) is 12.4. The predicted octanol–water partition coefficient (Wildman–Crippen LogP) is 3.76. The molecule has 0 saturated carbocycles. The molecule has 1 saturated heterocycles. The summed E-state index contributed by atoms with van der Waals surface area (Å²) in [7, 11) is 0. The minimum absolute atomic E-state index is 0.000787. The molecule has 4 rings (SSSR count). The summed E-state index contributed by atoms with van der Waals surface area (Å²) in [5, 5.41) is 11.4. The van der Waals surface area contributed by atoms with Crippen LogP contribution < -0.4 is 4.90 Å². The van der Waals surface area contributed by atoms with Gasteiger partial charge in [-0.1, -0.05) is 17.7 Å². The van der Waals surface area contributed by atoms with E-state index in [4.69, 9.17) is 11.6 Å². The maximum Gasteiger partial charge on any atom is 0.300 e. The number of aliphatic hydroxyl groups excluding tert-OH is 1. The molecule has 28 heavy (non-hydrogen) atoms. The number of ketones is 1. The Balaban J connectivity index is 1.94. The summed E-state index contributed by atoms with van der Waals surface area (Å²) in [4.78, 5) is 35.1. The van der Waals surface area contributed by atoms with Gasteiger partial charge >= 0.3 is 0 Å². The third-order valence-corrected chi connectivity index (χ3v) is 4.76. The van der Waals surface area contributed by atoms with Crippen molar-refractivity contribution < 1.29 is 14.7 Å². The van der Waals surface area contributed by atoms with Crippen LogP contribution in [0.3, 0.4) is 0 Å². The van der Waals surface area contributed by atoms with Gasteiger partial charge in [-0.2, -0.15) is 0 Å². The molecule has 7 heteroatoms. The van der Waals surface area contributed by atoms with Gasteiger partial charge in [-0.25, -0.2) is 0 Å².